The summed E-state index contributed by atoms with van der Waals surface area (Å²) in [6, 6.07) is 5.18. The van der Waals surface area contributed by atoms with Crippen molar-refractivity contribution in [3.8, 4) is 5.75 Å². The van der Waals surface area contributed by atoms with Crippen LogP contribution in [0.2, 0.25) is 0 Å². The van der Waals surface area contributed by atoms with Crippen molar-refractivity contribution in [2.45, 2.75) is 32.9 Å². The Morgan fingerprint density at radius 1 is 1.47 bits per heavy atom. The fourth-order valence-electron chi connectivity index (χ4n) is 1.49. The number of hydrogen-bond donors (Lipinski definition) is 2. The maximum Gasteiger partial charge on any atom is 0.387 e. The minimum absolute atomic E-state index is 0.00934. The lowest BCUT2D eigenvalue weighted by atomic mass is 9.99. The van der Waals surface area contributed by atoms with Gasteiger partial charge in [-0.15, -0.1) is 0 Å². The number of ether oxygens (including phenoxy) is 1. The van der Waals surface area contributed by atoms with Crippen molar-refractivity contribution in [1.82, 2.24) is 0 Å². The minimum Gasteiger partial charge on any atom is -0.435 e. The molecule has 3 N–H and O–H groups in total. The Hall–Kier alpha value is -1.69. The molecule has 4 nitrogen and oxygen atoms in total. The van der Waals surface area contributed by atoms with E-state index in [-0.39, 0.29) is 17.6 Å². The molecule has 0 bridgehead atoms. The maximum atomic E-state index is 12.1. The average molecular weight is 272 g/mol. The molecule has 1 unspecified atom stereocenters. The van der Waals surface area contributed by atoms with Gasteiger partial charge in [0.05, 0.1) is 6.04 Å². The standard InChI is InChI=1S/C13H18F2N2O2/c1-3-8(2)11(16)12(18)17-9-5-4-6-10(7-9)19-13(14)15/h4-8,11,13H,3,16H2,1-2H3,(H,17,18)/t8?,11-/m0/s1. The number of nitrogens with one attached hydrogen (secondary N) is 1. The fraction of sp³-hybridized carbons (Fsp3) is 0.462. The van der Waals surface area contributed by atoms with Crippen LogP contribution < -0.4 is 15.8 Å². The second-order valence-electron chi connectivity index (χ2n) is 4.31. The summed E-state index contributed by atoms with van der Waals surface area (Å²) in [5.74, 6) is -0.311. The van der Waals surface area contributed by atoms with Crippen molar-refractivity contribution in [2.75, 3.05) is 5.32 Å². The topological polar surface area (TPSA) is 64.4 Å². The van der Waals surface area contributed by atoms with Crippen LogP contribution >= 0.6 is 0 Å². The van der Waals surface area contributed by atoms with Gasteiger partial charge in [0, 0.05) is 11.8 Å². The van der Waals surface area contributed by atoms with Crippen LogP contribution in [0.1, 0.15) is 20.3 Å². The number of nitrogens with two attached hydrogens (primary N) is 1. The monoisotopic (exact) mass is 272 g/mol. The highest BCUT2D eigenvalue weighted by Crippen LogP contribution is 2.19. The van der Waals surface area contributed by atoms with Crippen molar-refractivity contribution in [2.24, 2.45) is 11.7 Å². The van der Waals surface area contributed by atoms with E-state index in [4.69, 9.17) is 5.73 Å². The van der Waals surface area contributed by atoms with Crippen LogP contribution in [0.5, 0.6) is 5.75 Å². The van der Waals surface area contributed by atoms with Gasteiger partial charge in [-0.05, 0) is 18.1 Å². The second-order valence-corrected chi connectivity index (χ2v) is 4.31. The number of alkyl halides is 2. The second kappa shape index (κ2) is 7.04. The molecule has 1 amide bonds. The molecular formula is C13H18F2N2O2. The number of hydrogen-bond acceptors (Lipinski definition) is 3. The lowest BCUT2D eigenvalue weighted by molar-refractivity contribution is -0.118. The molecule has 0 aliphatic heterocycles. The zero-order valence-corrected chi connectivity index (χ0v) is 10.9. The molecule has 0 heterocycles. The highest BCUT2D eigenvalue weighted by Gasteiger charge is 2.19. The zero-order valence-electron chi connectivity index (χ0n) is 10.9. The fourth-order valence-corrected chi connectivity index (χ4v) is 1.49. The van der Waals surface area contributed by atoms with E-state index in [0.717, 1.165) is 6.42 Å². The largest absolute Gasteiger partial charge is 0.435 e. The molecule has 0 aliphatic carbocycles. The molecule has 1 aromatic carbocycles. The van der Waals surface area contributed by atoms with Gasteiger partial charge in [0.2, 0.25) is 5.91 Å². The molecule has 1 rings (SSSR count). The molecule has 1 aromatic rings. The molecule has 0 saturated heterocycles. The van der Waals surface area contributed by atoms with Crippen LogP contribution in [0, 0.1) is 5.92 Å². The summed E-state index contributed by atoms with van der Waals surface area (Å²) >= 11 is 0. The third kappa shape index (κ3) is 4.82. The summed E-state index contributed by atoms with van der Waals surface area (Å²) in [5.41, 5.74) is 6.15. The quantitative estimate of drug-likeness (QED) is 0.836. The van der Waals surface area contributed by atoms with E-state index >= 15 is 0 Å². The highest BCUT2D eigenvalue weighted by atomic mass is 19.3. The van der Waals surface area contributed by atoms with Crippen LogP contribution in [0.15, 0.2) is 24.3 Å². The third-order valence-electron chi connectivity index (χ3n) is 2.89. The Morgan fingerprint density at radius 2 is 2.16 bits per heavy atom. The van der Waals surface area contributed by atoms with Crippen LogP contribution in [-0.2, 0) is 4.79 Å². The van der Waals surface area contributed by atoms with Crippen LogP contribution in [0.25, 0.3) is 0 Å². The van der Waals surface area contributed by atoms with Gasteiger partial charge in [-0.25, -0.2) is 0 Å². The lowest BCUT2D eigenvalue weighted by Gasteiger charge is -2.18. The molecule has 2 atom stereocenters. The van der Waals surface area contributed by atoms with E-state index in [2.05, 4.69) is 10.1 Å². The zero-order chi connectivity index (χ0) is 14.4. The summed E-state index contributed by atoms with van der Waals surface area (Å²) in [5, 5.41) is 2.58. The molecule has 0 spiro atoms. The number of halogens is 2. The van der Waals surface area contributed by atoms with Crippen LogP contribution in [0.4, 0.5) is 14.5 Å². The van der Waals surface area contributed by atoms with E-state index < -0.39 is 12.7 Å². The Kier molecular flexibility index (Phi) is 5.69. The number of carbonyl (C=O) groups is 1. The number of carbonyl (C=O) groups excluding carboxylic acids is 1. The van der Waals surface area contributed by atoms with E-state index in [0.29, 0.717) is 5.69 Å². The van der Waals surface area contributed by atoms with Crippen LogP contribution in [-0.4, -0.2) is 18.6 Å². The van der Waals surface area contributed by atoms with Gasteiger partial charge >= 0.3 is 6.61 Å². The molecule has 0 aromatic heterocycles. The van der Waals surface area contributed by atoms with E-state index in [9.17, 15) is 13.6 Å². The number of amides is 1. The van der Waals surface area contributed by atoms with Gasteiger partial charge in [0.15, 0.2) is 0 Å². The van der Waals surface area contributed by atoms with Gasteiger partial charge in [0.25, 0.3) is 0 Å². The van der Waals surface area contributed by atoms with Gasteiger partial charge in [-0.3, -0.25) is 4.79 Å². The molecular weight excluding hydrogens is 254 g/mol. The van der Waals surface area contributed by atoms with E-state index in [1.54, 1.807) is 6.07 Å². The van der Waals surface area contributed by atoms with Crippen molar-refractivity contribution in [1.29, 1.82) is 0 Å². The Labute approximate surface area is 110 Å². The molecule has 0 saturated carbocycles. The first-order valence-electron chi connectivity index (χ1n) is 6.05. The number of rotatable bonds is 6. The van der Waals surface area contributed by atoms with Gasteiger partial charge in [-0.2, -0.15) is 8.78 Å². The first kappa shape index (κ1) is 15.4. The molecule has 0 fully saturated rings. The third-order valence-corrected chi connectivity index (χ3v) is 2.89. The summed E-state index contributed by atoms with van der Waals surface area (Å²) in [4.78, 5) is 11.8. The van der Waals surface area contributed by atoms with Crippen molar-refractivity contribution < 1.29 is 18.3 Å². The lowest BCUT2D eigenvalue weighted by Crippen LogP contribution is -2.40. The SMILES string of the molecule is CCC(C)[C@H](N)C(=O)Nc1cccc(OC(F)F)c1. The van der Waals surface area contributed by atoms with Crippen LogP contribution in [0.3, 0.4) is 0 Å². The van der Waals surface area contributed by atoms with E-state index in [1.807, 2.05) is 13.8 Å². The molecule has 0 aliphatic rings. The Bertz CT molecular complexity index is 427. The minimum atomic E-state index is -2.90. The van der Waals surface area contributed by atoms with Gasteiger partial charge in [0.1, 0.15) is 5.75 Å². The normalized spacial score (nSPS) is 14.0. The average Bonchev–Trinajstić information content (AvgIpc) is 2.36. The van der Waals surface area contributed by atoms with Crippen molar-refractivity contribution in [3.05, 3.63) is 24.3 Å². The molecule has 6 heteroatoms. The van der Waals surface area contributed by atoms with Gasteiger partial charge in [-0.1, -0.05) is 26.3 Å². The first-order valence-corrected chi connectivity index (χ1v) is 6.05. The predicted molar refractivity (Wildman–Crippen MR) is 69.1 cm³/mol. The molecule has 106 valence electrons. The number of benzene rings is 1. The first-order chi connectivity index (χ1) is 8.93. The number of anilines is 1. The molecule has 19 heavy (non-hydrogen) atoms. The predicted octanol–water partition coefficient (Wildman–Crippen LogP) is 2.60. The smallest absolute Gasteiger partial charge is 0.387 e. The Morgan fingerprint density at radius 3 is 2.74 bits per heavy atom. The Balaban J connectivity index is 2.69. The van der Waals surface area contributed by atoms with Crippen molar-refractivity contribution in [3.63, 3.8) is 0 Å². The molecule has 0 radical (unpaired) electrons. The van der Waals surface area contributed by atoms with E-state index in [1.165, 1.54) is 18.2 Å². The summed E-state index contributed by atoms with van der Waals surface area (Å²) in [6.45, 7) is 0.920. The van der Waals surface area contributed by atoms with Gasteiger partial charge < -0.3 is 15.8 Å². The van der Waals surface area contributed by atoms with Crippen molar-refractivity contribution >= 4 is 11.6 Å². The maximum absolute atomic E-state index is 12.1. The summed E-state index contributed by atoms with van der Waals surface area (Å²) in [6.07, 6.45) is 0.781. The summed E-state index contributed by atoms with van der Waals surface area (Å²) in [7, 11) is 0. The summed E-state index contributed by atoms with van der Waals surface area (Å²) < 4.78 is 28.4. The highest BCUT2D eigenvalue weighted by molar-refractivity contribution is 5.95.